The highest BCUT2D eigenvalue weighted by atomic mass is 16.3. The number of hydrogen-bond donors (Lipinski definition) is 1. The predicted octanol–water partition coefficient (Wildman–Crippen LogP) is 3.33. The summed E-state index contributed by atoms with van der Waals surface area (Å²) in [6, 6.07) is 6.21. The Balaban J connectivity index is 2.29. The van der Waals surface area contributed by atoms with Crippen LogP contribution in [0.2, 0.25) is 0 Å². The molecule has 0 bridgehead atoms. The van der Waals surface area contributed by atoms with Gasteiger partial charge in [-0.25, -0.2) is 4.98 Å². The molecule has 3 nitrogen and oxygen atoms in total. The Hall–Kier alpha value is -2.16. The molecule has 22 heavy (non-hydrogen) atoms. The van der Waals surface area contributed by atoms with Crippen molar-refractivity contribution in [2.75, 3.05) is 0 Å². The summed E-state index contributed by atoms with van der Waals surface area (Å²) in [6.45, 7) is 8.29. The van der Waals surface area contributed by atoms with Gasteiger partial charge in [0.15, 0.2) is 0 Å². The summed E-state index contributed by atoms with van der Waals surface area (Å²) in [5, 5.41) is 13.0. The minimum atomic E-state index is -0.145. The van der Waals surface area contributed by atoms with Crippen LogP contribution in [0.4, 0.5) is 0 Å². The van der Waals surface area contributed by atoms with Gasteiger partial charge in [0, 0.05) is 22.9 Å². The van der Waals surface area contributed by atoms with Crippen molar-refractivity contribution in [1.82, 2.24) is 4.98 Å². The molecule has 0 amide bonds. The fraction of sp³-hybridized carbons (Fsp3) is 0.368. The maximum absolute atomic E-state index is 12.8. The zero-order chi connectivity index (χ0) is 15.8. The molecule has 112 valence electrons. The Labute approximate surface area is 129 Å². The number of rotatable bonds is 1. The highest BCUT2D eigenvalue weighted by Crippen LogP contribution is 2.41. The van der Waals surface area contributed by atoms with Crippen LogP contribution in [0.25, 0.3) is 27.8 Å². The molecular formula is C19H19NO2. The Bertz CT molecular complexity index is 985. The lowest BCUT2D eigenvalue weighted by atomic mass is 9.75. The normalized spacial score (nSPS) is 17.0. The molecule has 1 heterocycles. The quantitative estimate of drug-likeness (QED) is 0.748. The molecule has 0 spiro atoms. The number of nitrogens with zero attached hydrogens (tertiary/aromatic N) is 1. The molecule has 1 N–H and O–H groups in total. The molecule has 0 unspecified atom stereocenters. The van der Waals surface area contributed by atoms with Crippen LogP contribution >= 0.6 is 0 Å². The van der Waals surface area contributed by atoms with Gasteiger partial charge in [0.1, 0.15) is 16.8 Å². The van der Waals surface area contributed by atoms with E-state index in [1.165, 1.54) is 5.56 Å². The molecule has 0 saturated heterocycles. The lowest BCUT2D eigenvalue weighted by molar-refractivity contribution is 0.417. The zero-order valence-electron chi connectivity index (χ0n) is 13.3. The smallest absolute Gasteiger partial charge is 0.208 e. The minimum Gasteiger partial charge on any atom is -0.510 e. The summed E-state index contributed by atoms with van der Waals surface area (Å²) < 4.78 is 0. The first-order valence-electron chi connectivity index (χ1n) is 7.76. The van der Waals surface area contributed by atoms with Crippen molar-refractivity contribution in [2.24, 2.45) is 0 Å². The molecule has 0 fully saturated rings. The average molecular weight is 293 g/mol. The minimum absolute atomic E-state index is 0.00315. The number of hydrogen-bond acceptors (Lipinski definition) is 3. The van der Waals surface area contributed by atoms with E-state index in [9.17, 15) is 9.90 Å². The summed E-state index contributed by atoms with van der Waals surface area (Å²) in [4.78, 5) is 17.3. The first-order valence-corrected chi connectivity index (χ1v) is 7.76. The van der Waals surface area contributed by atoms with Crippen LogP contribution in [0.15, 0.2) is 23.0 Å². The molecule has 3 aliphatic rings. The Morgan fingerprint density at radius 3 is 2.68 bits per heavy atom. The van der Waals surface area contributed by atoms with Crippen LogP contribution in [0.3, 0.4) is 0 Å². The summed E-state index contributed by atoms with van der Waals surface area (Å²) >= 11 is 0. The van der Waals surface area contributed by atoms with Gasteiger partial charge in [0.05, 0.1) is 0 Å². The molecule has 0 atom stereocenters. The molecule has 0 radical (unpaired) electrons. The SMILES string of the molecule is CC(C)c1cc2ccc3c4c2-c(nc4=C(O)CC3(C)C)c1=O. The summed E-state index contributed by atoms with van der Waals surface area (Å²) in [5.74, 6) is 0.460. The van der Waals surface area contributed by atoms with E-state index >= 15 is 0 Å². The first-order chi connectivity index (χ1) is 10.3. The van der Waals surface area contributed by atoms with E-state index < -0.39 is 0 Å². The van der Waals surface area contributed by atoms with E-state index in [2.05, 4.69) is 31.0 Å². The Kier molecular flexibility index (Phi) is 2.44. The molecule has 1 aromatic carbocycles. The van der Waals surface area contributed by atoms with Gasteiger partial charge in [-0.2, -0.15) is 0 Å². The van der Waals surface area contributed by atoms with Gasteiger partial charge < -0.3 is 5.11 Å². The van der Waals surface area contributed by atoms with Crippen LogP contribution in [-0.2, 0) is 5.41 Å². The van der Waals surface area contributed by atoms with Crippen LogP contribution < -0.4 is 10.8 Å². The van der Waals surface area contributed by atoms with Crippen molar-refractivity contribution >= 4 is 16.5 Å². The predicted molar refractivity (Wildman–Crippen MR) is 88.8 cm³/mol. The standard InChI is InChI=1S/C19H19NO2/c1-9(2)11-7-10-5-6-12-15-14(10)17(18(11)22)20-16(15)13(21)8-19(12,3)4/h5-7,9,21H,8H2,1-4H3. The third-order valence-corrected chi connectivity index (χ3v) is 4.96. The molecule has 0 saturated carbocycles. The topological polar surface area (TPSA) is 50.2 Å². The maximum Gasteiger partial charge on any atom is 0.208 e. The number of aliphatic hydroxyl groups excluding tert-OH is 1. The van der Waals surface area contributed by atoms with Crippen LogP contribution in [0.1, 0.15) is 51.2 Å². The van der Waals surface area contributed by atoms with Gasteiger partial charge in [-0.1, -0.05) is 39.8 Å². The van der Waals surface area contributed by atoms with Gasteiger partial charge in [0.2, 0.25) is 5.43 Å². The average Bonchev–Trinajstić information content (AvgIpc) is 2.83. The van der Waals surface area contributed by atoms with Gasteiger partial charge in [-0.05, 0) is 28.3 Å². The third-order valence-electron chi connectivity index (χ3n) is 4.96. The summed E-state index contributed by atoms with van der Waals surface area (Å²) in [6.07, 6.45) is 0.559. The fourth-order valence-corrected chi connectivity index (χ4v) is 3.80. The van der Waals surface area contributed by atoms with E-state index in [1.807, 2.05) is 19.9 Å². The van der Waals surface area contributed by atoms with Crippen LogP contribution in [0, 0.1) is 0 Å². The number of aromatic nitrogens is 1. The zero-order valence-corrected chi connectivity index (χ0v) is 13.3. The number of aliphatic hydroxyl groups is 1. The second-order valence-electron chi connectivity index (χ2n) is 7.35. The monoisotopic (exact) mass is 293 g/mol. The van der Waals surface area contributed by atoms with Crippen molar-refractivity contribution < 1.29 is 5.11 Å². The van der Waals surface area contributed by atoms with E-state index in [0.717, 1.165) is 21.9 Å². The van der Waals surface area contributed by atoms with Crippen LogP contribution in [-0.4, -0.2) is 10.1 Å². The summed E-state index contributed by atoms with van der Waals surface area (Å²) in [7, 11) is 0. The van der Waals surface area contributed by atoms with E-state index in [4.69, 9.17) is 0 Å². The van der Waals surface area contributed by atoms with Crippen LogP contribution in [0.5, 0.6) is 0 Å². The Morgan fingerprint density at radius 2 is 2.00 bits per heavy atom. The third kappa shape index (κ3) is 1.51. The molecular weight excluding hydrogens is 274 g/mol. The second kappa shape index (κ2) is 3.97. The van der Waals surface area contributed by atoms with Gasteiger partial charge in [-0.15, -0.1) is 0 Å². The lowest BCUT2D eigenvalue weighted by Crippen LogP contribution is -2.27. The molecule has 2 aliphatic carbocycles. The largest absolute Gasteiger partial charge is 0.510 e. The van der Waals surface area contributed by atoms with Crippen molar-refractivity contribution in [3.8, 4) is 11.3 Å². The number of benzene rings is 2. The van der Waals surface area contributed by atoms with Crippen molar-refractivity contribution in [3.63, 3.8) is 0 Å². The molecule has 4 rings (SSSR count). The van der Waals surface area contributed by atoms with Crippen molar-refractivity contribution in [2.45, 2.75) is 45.4 Å². The van der Waals surface area contributed by atoms with Crippen molar-refractivity contribution in [3.05, 3.63) is 44.9 Å². The van der Waals surface area contributed by atoms with Gasteiger partial charge in [0.25, 0.3) is 0 Å². The van der Waals surface area contributed by atoms with Gasteiger partial charge >= 0.3 is 0 Å². The lowest BCUT2D eigenvalue weighted by Gasteiger charge is -2.29. The van der Waals surface area contributed by atoms with Crippen molar-refractivity contribution in [1.29, 1.82) is 0 Å². The first kappa shape index (κ1) is 13.5. The van der Waals surface area contributed by atoms with E-state index in [-0.39, 0.29) is 16.8 Å². The fourth-order valence-electron chi connectivity index (χ4n) is 3.80. The highest BCUT2D eigenvalue weighted by Gasteiger charge is 2.34. The second-order valence-corrected chi connectivity index (χ2v) is 7.35. The van der Waals surface area contributed by atoms with E-state index in [0.29, 0.717) is 23.2 Å². The maximum atomic E-state index is 12.8. The molecule has 1 aromatic rings. The Morgan fingerprint density at radius 1 is 1.27 bits per heavy atom. The molecule has 1 aliphatic heterocycles. The van der Waals surface area contributed by atoms with E-state index in [1.54, 1.807) is 0 Å². The summed E-state index contributed by atoms with van der Waals surface area (Å²) in [5.41, 5.74) is 3.26. The van der Waals surface area contributed by atoms with Gasteiger partial charge in [-0.3, -0.25) is 4.79 Å². The molecule has 0 aromatic heterocycles. The highest BCUT2D eigenvalue weighted by molar-refractivity contribution is 6.01. The molecule has 3 heteroatoms.